The van der Waals surface area contributed by atoms with Gasteiger partial charge in [-0.15, -0.1) is 0 Å². The molecule has 76 valence electrons. The van der Waals surface area contributed by atoms with E-state index in [9.17, 15) is 9.59 Å². The summed E-state index contributed by atoms with van der Waals surface area (Å²) in [5.74, 6) is 0.0678. The third-order valence-electron chi connectivity index (χ3n) is 1.94. The van der Waals surface area contributed by atoms with Crippen molar-refractivity contribution in [3.05, 3.63) is 0 Å². The third-order valence-corrected chi connectivity index (χ3v) is 1.94. The Morgan fingerprint density at radius 1 is 1.38 bits per heavy atom. The average Bonchev–Trinajstić information content (AvgIpc) is 2.01. The molecule has 0 aromatic heterocycles. The number of hydrogen-bond donors (Lipinski definition) is 0. The molecule has 0 aromatic carbocycles. The van der Waals surface area contributed by atoms with Crippen LogP contribution in [0.4, 0.5) is 0 Å². The van der Waals surface area contributed by atoms with Crippen molar-refractivity contribution in [1.29, 1.82) is 0 Å². The molecule has 0 radical (unpaired) electrons. The third kappa shape index (κ3) is 4.78. The van der Waals surface area contributed by atoms with E-state index in [1.165, 1.54) is 0 Å². The van der Waals surface area contributed by atoms with Gasteiger partial charge in [0.05, 0.1) is 0 Å². The predicted octanol–water partition coefficient (Wildman–Crippen LogP) is 0.978. The molecule has 0 fully saturated rings. The quantitative estimate of drug-likeness (QED) is 0.579. The van der Waals surface area contributed by atoms with Crippen LogP contribution in [0.2, 0.25) is 0 Å². The molecule has 0 rings (SSSR count). The van der Waals surface area contributed by atoms with Crippen LogP contribution in [-0.4, -0.2) is 37.6 Å². The van der Waals surface area contributed by atoms with Crippen molar-refractivity contribution in [3.8, 4) is 0 Å². The van der Waals surface area contributed by atoms with Crippen LogP contribution in [0, 0.1) is 11.8 Å². The summed E-state index contributed by atoms with van der Waals surface area (Å²) < 4.78 is 0. The first-order valence-corrected chi connectivity index (χ1v) is 4.61. The molecule has 3 nitrogen and oxygen atoms in total. The van der Waals surface area contributed by atoms with Crippen LogP contribution < -0.4 is 0 Å². The van der Waals surface area contributed by atoms with Crippen LogP contribution >= 0.6 is 0 Å². The molecule has 0 spiro atoms. The minimum Gasteiger partial charge on any atom is -0.309 e. The number of carbonyl (C=O) groups is 2. The Kier molecular flexibility index (Phi) is 5.55. The number of nitrogens with zero attached hydrogens (tertiary/aromatic N) is 1. The summed E-state index contributed by atoms with van der Waals surface area (Å²) in [7, 11) is 3.82. The van der Waals surface area contributed by atoms with Gasteiger partial charge in [-0.2, -0.15) is 0 Å². The minimum absolute atomic E-state index is 0.0184. The summed E-state index contributed by atoms with van der Waals surface area (Å²) in [6, 6.07) is 0. The molecule has 0 aromatic rings. The first-order valence-electron chi connectivity index (χ1n) is 4.61. The molecule has 0 saturated carbocycles. The highest BCUT2D eigenvalue weighted by molar-refractivity contribution is 5.84. The lowest BCUT2D eigenvalue weighted by Gasteiger charge is -2.19. The maximum atomic E-state index is 11.6. The van der Waals surface area contributed by atoms with Gasteiger partial charge >= 0.3 is 0 Å². The topological polar surface area (TPSA) is 37.4 Å². The molecule has 0 aliphatic carbocycles. The number of hydrogen-bond acceptors (Lipinski definition) is 3. The van der Waals surface area contributed by atoms with E-state index in [1.807, 2.05) is 32.8 Å². The van der Waals surface area contributed by atoms with Crippen LogP contribution in [-0.2, 0) is 9.59 Å². The Hall–Kier alpha value is -0.700. The maximum Gasteiger partial charge on any atom is 0.140 e. The molecule has 0 amide bonds. The average molecular weight is 185 g/mol. The number of Topliss-reactive ketones (excluding diaryl/α,β-unsaturated/α-hetero) is 1. The molecule has 1 unspecified atom stereocenters. The van der Waals surface area contributed by atoms with E-state index < -0.39 is 0 Å². The van der Waals surface area contributed by atoms with Gasteiger partial charge in [0.25, 0.3) is 0 Å². The Morgan fingerprint density at radius 2 is 1.92 bits per heavy atom. The first kappa shape index (κ1) is 12.3. The van der Waals surface area contributed by atoms with E-state index in [2.05, 4.69) is 0 Å². The molecule has 0 aliphatic heterocycles. The van der Waals surface area contributed by atoms with Gasteiger partial charge in [-0.3, -0.25) is 4.79 Å². The zero-order chi connectivity index (χ0) is 10.4. The number of ketones is 1. The van der Waals surface area contributed by atoms with Crippen LogP contribution in [0.1, 0.15) is 20.3 Å². The van der Waals surface area contributed by atoms with Crippen molar-refractivity contribution in [1.82, 2.24) is 4.90 Å². The summed E-state index contributed by atoms with van der Waals surface area (Å²) in [4.78, 5) is 23.9. The van der Waals surface area contributed by atoms with Crippen molar-refractivity contribution in [2.24, 2.45) is 11.8 Å². The number of carbonyl (C=O) groups excluding carboxylic acids is 2. The summed E-state index contributed by atoms with van der Waals surface area (Å²) in [6.07, 6.45) is 1.17. The highest BCUT2D eigenvalue weighted by Crippen LogP contribution is 2.10. The van der Waals surface area contributed by atoms with Gasteiger partial charge in [-0.05, 0) is 14.1 Å². The van der Waals surface area contributed by atoms with Gasteiger partial charge in [-0.1, -0.05) is 13.8 Å². The van der Waals surface area contributed by atoms with Crippen molar-refractivity contribution in [3.63, 3.8) is 0 Å². The molecule has 13 heavy (non-hydrogen) atoms. The van der Waals surface area contributed by atoms with E-state index in [4.69, 9.17) is 0 Å². The van der Waals surface area contributed by atoms with Gasteiger partial charge in [0.1, 0.15) is 12.1 Å². The minimum atomic E-state index is -0.132. The lowest BCUT2D eigenvalue weighted by molar-refractivity contribution is -0.128. The largest absolute Gasteiger partial charge is 0.309 e. The first-order chi connectivity index (χ1) is 5.99. The van der Waals surface area contributed by atoms with Gasteiger partial charge < -0.3 is 9.69 Å². The van der Waals surface area contributed by atoms with Gasteiger partial charge in [0.15, 0.2) is 0 Å². The molecule has 3 heteroatoms. The van der Waals surface area contributed by atoms with Crippen LogP contribution in [0.25, 0.3) is 0 Å². The van der Waals surface area contributed by atoms with Gasteiger partial charge in [-0.25, -0.2) is 0 Å². The van der Waals surface area contributed by atoms with E-state index in [1.54, 1.807) is 0 Å². The molecule has 0 N–H and O–H groups in total. The van der Waals surface area contributed by atoms with Gasteiger partial charge in [0.2, 0.25) is 0 Å². The number of rotatable bonds is 6. The zero-order valence-electron chi connectivity index (χ0n) is 8.91. The summed E-state index contributed by atoms with van der Waals surface area (Å²) in [5, 5.41) is 0. The summed E-state index contributed by atoms with van der Waals surface area (Å²) in [6.45, 7) is 4.40. The summed E-state index contributed by atoms with van der Waals surface area (Å²) in [5.41, 5.74) is 0. The fourth-order valence-corrected chi connectivity index (χ4v) is 1.31. The van der Waals surface area contributed by atoms with E-state index in [0.717, 1.165) is 6.29 Å². The van der Waals surface area contributed by atoms with Crippen molar-refractivity contribution < 1.29 is 9.59 Å². The molecule has 0 bridgehead atoms. The Labute approximate surface area is 80.1 Å². The normalized spacial score (nSPS) is 13.4. The predicted molar refractivity (Wildman–Crippen MR) is 52.6 cm³/mol. The van der Waals surface area contributed by atoms with Crippen LogP contribution in [0.5, 0.6) is 0 Å². The molecule has 0 aliphatic rings. The number of aldehydes is 1. The Bertz CT molecular complexity index is 176. The van der Waals surface area contributed by atoms with Crippen molar-refractivity contribution in [2.75, 3.05) is 20.6 Å². The summed E-state index contributed by atoms with van der Waals surface area (Å²) >= 11 is 0. The Balaban J connectivity index is 4.23. The SMILES string of the molecule is CC(C)C(=O)C(CC=O)CN(C)C. The molecule has 0 saturated heterocycles. The molecular weight excluding hydrogens is 166 g/mol. The van der Waals surface area contributed by atoms with Crippen LogP contribution in [0.15, 0.2) is 0 Å². The highest BCUT2D eigenvalue weighted by Gasteiger charge is 2.20. The maximum absolute atomic E-state index is 11.6. The standard InChI is InChI=1S/C10H19NO2/c1-8(2)10(13)9(5-6-12)7-11(3)4/h6,8-9H,5,7H2,1-4H3. The fourth-order valence-electron chi connectivity index (χ4n) is 1.31. The molecule has 0 heterocycles. The molecule has 1 atom stereocenters. The highest BCUT2D eigenvalue weighted by atomic mass is 16.1. The second kappa shape index (κ2) is 5.86. The van der Waals surface area contributed by atoms with Crippen LogP contribution in [0.3, 0.4) is 0 Å². The van der Waals surface area contributed by atoms with Crippen molar-refractivity contribution >= 4 is 12.1 Å². The van der Waals surface area contributed by atoms with E-state index in [-0.39, 0.29) is 17.6 Å². The van der Waals surface area contributed by atoms with Gasteiger partial charge in [0, 0.05) is 24.8 Å². The second-order valence-corrected chi connectivity index (χ2v) is 3.92. The lowest BCUT2D eigenvalue weighted by Crippen LogP contribution is -2.30. The fraction of sp³-hybridized carbons (Fsp3) is 0.800. The van der Waals surface area contributed by atoms with E-state index in [0.29, 0.717) is 13.0 Å². The smallest absolute Gasteiger partial charge is 0.140 e. The lowest BCUT2D eigenvalue weighted by atomic mass is 9.92. The zero-order valence-corrected chi connectivity index (χ0v) is 8.91. The Morgan fingerprint density at radius 3 is 2.23 bits per heavy atom. The van der Waals surface area contributed by atoms with E-state index >= 15 is 0 Å². The monoisotopic (exact) mass is 185 g/mol. The second-order valence-electron chi connectivity index (χ2n) is 3.92. The van der Waals surface area contributed by atoms with Crippen molar-refractivity contribution in [2.45, 2.75) is 20.3 Å². The molecular formula is C10H19NO2.